The van der Waals surface area contributed by atoms with Crippen molar-refractivity contribution in [1.82, 2.24) is 9.47 Å². The molecular formula is C22H28ClN3O4. The van der Waals surface area contributed by atoms with Gasteiger partial charge in [-0.15, -0.1) is 0 Å². The predicted octanol–water partition coefficient (Wildman–Crippen LogP) is 3.39. The molecule has 1 amide bonds. The summed E-state index contributed by atoms with van der Waals surface area (Å²) in [5.74, 6) is 1.19. The van der Waals surface area contributed by atoms with Gasteiger partial charge in [0.2, 0.25) is 11.3 Å². The molecule has 2 heterocycles. The van der Waals surface area contributed by atoms with Crippen molar-refractivity contribution >= 4 is 23.2 Å². The Hall–Kier alpha value is -2.51. The highest BCUT2D eigenvalue weighted by Crippen LogP contribution is 2.27. The monoisotopic (exact) mass is 433 g/mol. The molecule has 1 saturated heterocycles. The lowest BCUT2D eigenvalue weighted by atomic mass is 9.99. The fraction of sp³-hybridized carbons (Fsp3) is 0.455. The third kappa shape index (κ3) is 5.55. The van der Waals surface area contributed by atoms with Crippen LogP contribution in [0.4, 0.5) is 5.69 Å². The van der Waals surface area contributed by atoms with Gasteiger partial charge in [-0.3, -0.25) is 14.5 Å². The first-order chi connectivity index (χ1) is 14.4. The summed E-state index contributed by atoms with van der Waals surface area (Å²) in [6.45, 7) is 4.86. The van der Waals surface area contributed by atoms with E-state index < -0.39 is 0 Å². The second-order valence-electron chi connectivity index (χ2n) is 7.68. The van der Waals surface area contributed by atoms with E-state index in [1.165, 1.54) is 14.2 Å². The molecule has 0 aliphatic carbocycles. The number of pyridine rings is 1. The third-order valence-corrected chi connectivity index (χ3v) is 5.65. The molecule has 1 fully saturated rings. The zero-order chi connectivity index (χ0) is 21.7. The van der Waals surface area contributed by atoms with Crippen LogP contribution in [0.15, 0.2) is 35.3 Å². The van der Waals surface area contributed by atoms with Gasteiger partial charge < -0.3 is 19.4 Å². The van der Waals surface area contributed by atoms with Crippen LogP contribution < -0.4 is 20.2 Å². The number of aromatic nitrogens is 1. The third-order valence-electron chi connectivity index (χ3n) is 5.41. The summed E-state index contributed by atoms with van der Waals surface area (Å²) in [7, 11) is 2.98. The molecule has 0 radical (unpaired) electrons. The summed E-state index contributed by atoms with van der Waals surface area (Å²) in [4.78, 5) is 27.4. The lowest BCUT2D eigenvalue weighted by Gasteiger charge is -2.31. The van der Waals surface area contributed by atoms with Crippen molar-refractivity contribution in [2.75, 3.05) is 32.6 Å². The van der Waals surface area contributed by atoms with Gasteiger partial charge in [-0.25, -0.2) is 0 Å². The molecule has 7 nitrogen and oxygen atoms in total. The van der Waals surface area contributed by atoms with Crippen LogP contribution in [0, 0.1) is 5.92 Å². The Morgan fingerprint density at radius 3 is 2.53 bits per heavy atom. The molecule has 1 aliphatic heterocycles. The van der Waals surface area contributed by atoms with Gasteiger partial charge in [0, 0.05) is 23.3 Å². The van der Waals surface area contributed by atoms with E-state index >= 15 is 0 Å². The summed E-state index contributed by atoms with van der Waals surface area (Å²) in [6.07, 6.45) is 3.86. The molecule has 3 rings (SSSR count). The molecule has 8 heteroatoms. The van der Waals surface area contributed by atoms with Crippen LogP contribution in [0.5, 0.6) is 11.5 Å². The van der Waals surface area contributed by atoms with Crippen molar-refractivity contribution in [3.63, 3.8) is 0 Å². The number of benzene rings is 1. The first kappa shape index (κ1) is 22.2. The number of likely N-dealkylation sites (tertiary alicyclic amines) is 1. The summed E-state index contributed by atoms with van der Waals surface area (Å²) < 4.78 is 12.2. The lowest BCUT2D eigenvalue weighted by Crippen LogP contribution is -2.34. The maximum atomic E-state index is 12.8. The number of methoxy groups -OCH3 is 2. The maximum absolute atomic E-state index is 12.8. The van der Waals surface area contributed by atoms with E-state index in [0.717, 1.165) is 37.5 Å². The van der Waals surface area contributed by atoms with Crippen molar-refractivity contribution in [3.05, 3.63) is 51.4 Å². The Kier molecular flexibility index (Phi) is 7.39. The number of nitrogens with one attached hydrogen (secondary N) is 1. The Balaban J connectivity index is 1.80. The van der Waals surface area contributed by atoms with Gasteiger partial charge in [0.15, 0.2) is 5.75 Å². The minimum Gasteiger partial charge on any atom is -0.495 e. The summed E-state index contributed by atoms with van der Waals surface area (Å²) >= 11 is 6.05. The minimum absolute atomic E-state index is 0.0336. The molecule has 162 valence electrons. The summed E-state index contributed by atoms with van der Waals surface area (Å²) in [6, 6.07) is 6.59. The molecule has 1 aliphatic rings. The first-order valence-corrected chi connectivity index (χ1v) is 10.4. The van der Waals surface area contributed by atoms with Gasteiger partial charge in [0.1, 0.15) is 12.3 Å². The second kappa shape index (κ2) is 10.00. The molecule has 1 aromatic heterocycles. The van der Waals surface area contributed by atoms with E-state index in [9.17, 15) is 9.59 Å². The number of hydrogen-bond donors (Lipinski definition) is 1. The molecule has 1 N–H and O–H groups in total. The van der Waals surface area contributed by atoms with Crippen LogP contribution in [0.2, 0.25) is 5.02 Å². The number of amides is 1. The van der Waals surface area contributed by atoms with Crippen LogP contribution >= 0.6 is 11.6 Å². The fourth-order valence-corrected chi connectivity index (χ4v) is 3.77. The van der Waals surface area contributed by atoms with E-state index in [1.807, 2.05) is 0 Å². The molecule has 30 heavy (non-hydrogen) atoms. The number of carbonyl (C=O) groups is 1. The van der Waals surface area contributed by atoms with Gasteiger partial charge in [-0.2, -0.15) is 0 Å². The molecular weight excluding hydrogens is 406 g/mol. The molecule has 0 atom stereocenters. The SMILES string of the molecule is COc1ccc(Cl)cc1NC(=O)Cn1cc(OC)c(=O)cc1CN1CCC(C)CC1. The summed E-state index contributed by atoms with van der Waals surface area (Å²) in [5, 5.41) is 3.33. The average Bonchev–Trinajstić information content (AvgIpc) is 2.71. The molecule has 0 bridgehead atoms. The zero-order valence-electron chi connectivity index (χ0n) is 17.6. The predicted molar refractivity (Wildman–Crippen MR) is 118 cm³/mol. The average molecular weight is 434 g/mol. The minimum atomic E-state index is -0.255. The molecule has 1 aromatic carbocycles. The van der Waals surface area contributed by atoms with Crippen LogP contribution in [-0.2, 0) is 17.9 Å². The molecule has 0 unspecified atom stereocenters. The van der Waals surface area contributed by atoms with Crippen molar-refractivity contribution in [3.8, 4) is 11.5 Å². The quantitative estimate of drug-likeness (QED) is 0.724. The van der Waals surface area contributed by atoms with Gasteiger partial charge >= 0.3 is 0 Å². The van der Waals surface area contributed by atoms with Crippen LogP contribution in [0.25, 0.3) is 0 Å². The Morgan fingerprint density at radius 1 is 1.17 bits per heavy atom. The Labute approximate surface area is 181 Å². The maximum Gasteiger partial charge on any atom is 0.244 e. The number of piperidine rings is 1. The van der Waals surface area contributed by atoms with E-state index in [-0.39, 0.29) is 23.6 Å². The highest BCUT2D eigenvalue weighted by atomic mass is 35.5. The van der Waals surface area contributed by atoms with E-state index in [0.29, 0.717) is 23.0 Å². The highest BCUT2D eigenvalue weighted by Gasteiger charge is 2.19. The van der Waals surface area contributed by atoms with E-state index in [2.05, 4.69) is 17.1 Å². The number of hydrogen-bond acceptors (Lipinski definition) is 5. The number of carbonyl (C=O) groups excluding carboxylic acids is 1. The van der Waals surface area contributed by atoms with Crippen molar-refractivity contribution in [2.45, 2.75) is 32.9 Å². The van der Waals surface area contributed by atoms with Crippen LogP contribution in [-0.4, -0.2) is 42.7 Å². The second-order valence-corrected chi connectivity index (χ2v) is 8.11. The number of anilines is 1. The van der Waals surface area contributed by atoms with Crippen LogP contribution in [0.1, 0.15) is 25.5 Å². The van der Waals surface area contributed by atoms with Crippen molar-refractivity contribution in [2.24, 2.45) is 5.92 Å². The highest BCUT2D eigenvalue weighted by molar-refractivity contribution is 6.31. The standard InChI is InChI=1S/C22H28ClN3O4/c1-15-6-8-25(9-7-15)12-17-11-19(27)21(30-3)13-26(17)14-22(28)24-18-10-16(23)4-5-20(18)29-2/h4-5,10-11,13,15H,6-9,12,14H2,1-3H3,(H,24,28). The first-order valence-electron chi connectivity index (χ1n) is 10.0. The molecule has 2 aromatic rings. The van der Waals surface area contributed by atoms with E-state index in [1.54, 1.807) is 35.0 Å². The van der Waals surface area contributed by atoms with Gasteiger partial charge in [-0.05, 0) is 50.0 Å². The van der Waals surface area contributed by atoms with E-state index in [4.69, 9.17) is 21.1 Å². The lowest BCUT2D eigenvalue weighted by molar-refractivity contribution is -0.116. The Morgan fingerprint density at radius 2 is 1.87 bits per heavy atom. The van der Waals surface area contributed by atoms with Gasteiger partial charge in [0.05, 0.1) is 26.1 Å². The van der Waals surface area contributed by atoms with Crippen molar-refractivity contribution < 1.29 is 14.3 Å². The number of ether oxygens (including phenoxy) is 2. The fourth-order valence-electron chi connectivity index (χ4n) is 3.60. The topological polar surface area (TPSA) is 72.8 Å². The largest absolute Gasteiger partial charge is 0.495 e. The van der Waals surface area contributed by atoms with Gasteiger partial charge in [0.25, 0.3) is 0 Å². The molecule has 0 saturated carbocycles. The zero-order valence-corrected chi connectivity index (χ0v) is 18.4. The number of nitrogens with zero attached hydrogens (tertiary/aromatic N) is 2. The number of rotatable bonds is 7. The summed E-state index contributed by atoms with van der Waals surface area (Å²) in [5.41, 5.74) is 1.09. The molecule has 0 spiro atoms. The van der Waals surface area contributed by atoms with Crippen LogP contribution in [0.3, 0.4) is 0 Å². The van der Waals surface area contributed by atoms with Crippen molar-refractivity contribution in [1.29, 1.82) is 0 Å². The smallest absolute Gasteiger partial charge is 0.244 e. The Bertz CT molecular complexity index is 952. The normalized spacial score (nSPS) is 15.1. The number of halogens is 1. The van der Waals surface area contributed by atoms with Gasteiger partial charge in [-0.1, -0.05) is 18.5 Å².